The second-order valence-corrected chi connectivity index (χ2v) is 4.30. The van der Waals surface area contributed by atoms with E-state index in [2.05, 4.69) is 10.6 Å². The zero-order chi connectivity index (χ0) is 15.0. The van der Waals surface area contributed by atoms with Crippen LogP contribution in [0.2, 0.25) is 0 Å². The van der Waals surface area contributed by atoms with Crippen LogP contribution in [0.5, 0.6) is 0 Å². The highest BCUT2D eigenvalue weighted by molar-refractivity contribution is 6.04. The van der Waals surface area contributed by atoms with Gasteiger partial charge < -0.3 is 21.1 Å². The number of rotatable bonds is 7. The highest BCUT2D eigenvalue weighted by Gasteiger charge is 2.15. The van der Waals surface area contributed by atoms with Crippen LogP contribution in [0.4, 0.5) is 5.69 Å². The van der Waals surface area contributed by atoms with E-state index in [-0.39, 0.29) is 11.8 Å². The van der Waals surface area contributed by atoms with Crippen molar-refractivity contribution in [1.29, 1.82) is 0 Å². The van der Waals surface area contributed by atoms with Crippen LogP contribution < -0.4 is 16.4 Å². The molecule has 6 heteroatoms. The summed E-state index contributed by atoms with van der Waals surface area (Å²) in [6.45, 7) is 2.67. The molecule has 4 N–H and O–H groups in total. The minimum atomic E-state index is -0.584. The number of nitrogens with two attached hydrogens (primary N) is 1. The first-order valence-corrected chi connectivity index (χ1v) is 6.52. The van der Waals surface area contributed by atoms with Gasteiger partial charge in [0, 0.05) is 13.7 Å². The predicted molar refractivity (Wildman–Crippen MR) is 77.5 cm³/mol. The summed E-state index contributed by atoms with van der Waals surface area (Å²) >= 11 is 0. The number of methoxy groups -OCH3 is 1. The standard InChI is InChI=1S/C14H21N3O3/c1-3-11(15)14(19)17-12-7-5-4-6-10(12)13(18)16-8-9-20-2/h4-7,11H,3,8-9,15H2,1-2H3,(H,16,18)(H,17,19)/t11-/m0/s1. The fourth-order valence-corrected chi connectivity index (χ4v) is 1.56. The maximum absolute atomic E-state index is 12.0. The molecular formula is C14H21N3O3. The summed E-state index contributed by atoms with van der Waals surface area (Å²) in [6.07, 6.45) is 0.536. The van der Waals surface area contributed by atoms with Crippen LogP contribution in [0.15, 0.2) is 24.3 Å². The van der Waals surface area contributed by atoms with E-state index >= 15 is 0 Å². The minimum Gasteiger partial charge on any atom is -0.383 e. The van der Waals surface area contributed by atoms with Crippen LogP contribution in [0.1, 0.15) is 23.7 Å². The van der Waals surface area contributed by atoms with Gasteiger partial charge >= 0.3 is 0 Å². The van der Waals surface area contributed by atoms with Gasteiger partial charge in [0.1, 0.15) is 0 Å². The first-order valence-electron chi connectivity index (χ1n) is 6.52. The Balaban J connectivity index is 2.77. The SMILES string of the molecule is CC[C@H](N)C(=O)Nc1ccccc1C(=O)NCCOC. The van der Waals surface area contributed by atoms with Gasteiger partial charge in [-0.2, -0.15) is 0 Å². The summed E-state index contributed by atoms with van der Waals surface area (Å²) in [6, 6.07) is 6.22. The predicted octanol–water partition coefficient (Wildman–Crippen LogP) is 0.739. The topological polar surface area (TPSA) is 93.5 Å². The molecule has 0 aromatic heterocycles. The molecular weight excluding hydrogens is 258 g/mol. The summed E-state index contributed by atoms with van der Waals surface area (Å²) in [7, 11) is 1.56. The smallest absolute Gasteiger partial charge is 0.253 e. The van der Waals surface area contributed by atoms with E-state index < -0.39 is 6.04 Å². The Morgan fingerprint density at radius 1 is 1.35 bits per heavy atom. The average molecular weight is 279 g/mol. The highest BCUT2D eigenvalue weighted by Crippen LogP contribution is 2.15. The number of para-hydroxylation sites is 1. The summed E-state index contributed by atoms with van der Waals surface area (Å²) < 4.78 is 4.87. The van der Waals surface area contributed by atoms with Crippen molar-refractivity contribution in [2.45, 2.75) is 19.4 Å². The normalized spacial score (nSPS) is 11.8. The van der Waals surface area contributed by atoms with Gasteiger partial charge in [-0.15, -0.1) is 0 Å². The molecule has 0 bridgehead atoms. The zero-order valence-electron chi connectivity index (χ0n) is 11.8. The van der Waals surface area contributed by atoms with Crippen molar-refractivity contribution in [1.82, 2.24) is 5.32 Å². The van der Waals surface area contributed by atoms with Crippen LogP contribution in [0.3, 0.4) is 0 Å². The number of benzene rings is 1. The first-order chi connectivity index (χ1) is 9.60. The van der Waals surface area contributed by atoms with E-state index in [9.17, 15) is 9.59 Å². The number of hydrogen-bond donors (Lipinski definition) is 3. The largest absolute Gasteiger partial charge is 0.383 e. The maximum atomic E-state index is 12.0. The van der Waals surface area contributed by atoms with E-state index in [1.807, 2.05) is 6.92 Å². The average Bonchev–Trinajstić information content (AvgIpc) is 2.47. The van der Waals surface area contributed by atoms with Crippen molar-refractivity contribution in [2.24, 2.45) is 5.73 Å². The zero-order valence-corrected chi connectivity index (χ0v) is 11.8. The Morgan fingerprint density at radius 3 is 2.70 bits per heavy atom. The van der Waals surface area contributed by atoms with Crippen LogP contribution >= 0.6 is 0 Å². The van der Waals surface area contributed by atoms with Gasteiger partial charge in [0.25, 0.3) is 5.91 Å². The first kappa shape index (κ1) is 16.1. The van der Waals surface area contributed by atoms with Crippen molar-refractivity contribution < 1.29 is 14.3 Å². The van der Waals surface area contributed by atoms with Gasteiger partial charge in [-0.1, -0.05) is 19.1 Å². The molecule has 0 saturated carbocycles. The number of hydrogen-bond acceptors (Lipinski definition) is 4. The fraction of sp³-hybridized carbons (Fsp3) is 0.429. The van der Waals surface area contributed by atoms with Crippen LogP contribution in [-0.2, 0) is 9.53 Å². The second kappa shape index (κ2) is 8.29. The third-order valence-electron chi connectivity index (χ3n) is 2.80. The molecule has 110 valence electrons. The second-order valence-electron chi connectivity index (χ2n) is 4.30. The lowest BCUT2D eigenvalue weighted by Crippen LogP contribution is -2.35. The molecule has 6 nitrogen and oxygen atoms in total. The summed E-state index contributed by atoms with van der Waals surface area (Å²) in [4.78, 5) is 23.8. The molecule has 1 rings (SSSR count). The molecule has 2 amide bonds. The van der Waals surface area contributed by atoms with Crippen molar-refractivity contribution in [2.75, 3.05) is 25.6 Å². The molecule has 0 unspecified atom stereocenters. The van der Waals surface area contributed by atoms with Gasteiger partial charge in [-0.3, -0.25) is 9.59 Å². The molecule has 20 heavy (non-hydrogen) atoms. The number of anilines is 1. The number of carbonyl (C=O) groups excluding carboxylic acids is 2. The van der Waals surface area contributed by atoms with Crippen molar-refractivity contribution >= 4 is 17.5 Å². The number of nitrogens with one attached hydrogen (secondary N) is 2. The molecule has 0 aliphatic carbocycles. The molecule has 0 radical (unpaired) electrons. The van der Waals surface area contributed by atoms with Crippen molar-refractivity contribution in [3.05, 3.63) is 29.8 Å². The van der Waals surface area contributed by atoms with Gasteiger partial charge in [0.05, 0.1) is 23.9 Å². The van der Waals surface area contributed by atoms with E-state index in [4.69, 9.17) is 10.5 Å². The minimum absolute atomic E-state index is 0.261. The molecule has 0 aliphatic rings. The lowest BCUT2D eigenvalue weighted by Gasteiger charge is -2.13. The van der Waals surface area contributed by atoms with Crippen LogP contribution in [0, 0.1) is 0 Å². The Bertz CT molecular complexity index is 463. The maximum Gasteiger partial charge on any atom is 0.253 e. The molecule has 0 fully saturated rings. The van der Waals surface area contributed by atoms with Crippen molar-refractivity contribution in [3.63, 3.8) is 0 Å². The molecule has 0 aliphatic heterocycles. The van der Waals surface area contributed by atoms with Gasteiger partial charge in [-0.05, 0) is 18.6 Å². The number of carbonyl (C=O) groups is 2. The lowest BCUT2D eigenvalue weighted by molar-refractivity contribution is -0.117. The van der Waals surface area contributed by atoms with E-state index in [1.54, 1.807) is 31.4 Å². The molecule has 1 aromatic rings. The van der Waals surface area contributed by atoms with E-state index in [0.717, 1.165) is 0 Å². The van der Waals surface area contributed by atoms with E-state index in [0.29, 0.717) is 30.8 Å². The Morgan fingerprint density at radius 2 is 2.05 bits per heavy atom. The molecule has 0 spiro atoms. The third kappa shape index (κ3) is 4.64. The van der Waals surface area contributed by atoms with Crippen LogP contribution in [0.25, 0.3) is 0 Å². The molecule has 0 heterocycles. The van der Waals surface area contributed by atoms with E-state index in [1.165, 1.54) is 0 Å². The molecule has 0 saturated heterocycles. The van der Waals surface area contributed by atoms with Gasteiger partial charge in [0.15, 0.2) is 0 Å². The van der Waals surface area contributed by atoms with Crippen LogP contribution in [-0.4, -0.2) is 38.1 Å². The van der Waals surface area contributed by atoms with Crippen molar-refractivity contribution in [3.8, 4) is 0 Å². The quantitative estimate of drug-likeness (QED) is 0.642. The fourth-order valence-electron chi connectivity index (χ4n) is 1.56. The summed E-state index contributed by atoms with van der Waals surface area (Å²) in [5, 5.41) is 5.39. The molecule has 1 atom stereocenters. The molecule has 1 aromatic carbocycles. The Hall–Kier alpha value is -1.92. The third-order valence-corrected chi connectivity index (χ3v) is 2.80. The summed E-state index contributed by atoms with van der Waals surface area (Å²) in [5.74, 6) is -0.562. The number of amides is 2. The monoisotopic (exact) mass is 279 g/mol. The van der Waals surface area contributed by atoms with Gasteiger partial charge in [0.2, 0.25) is 5.91 Å². The highest BCUT2D eigenvalue weighted by atomic mass is 16.5. The Labute approximate surface area is 118 Å². The van der Waals surface area contributed by atoms with Gasteiger partial charge in [-0.25, -0.2) is 0 Å². The number of ether oxygens (including phenoxy) is 1. The lowest BCUT2D eigenvalue weighted by atomic mass is 10.1. The summed E-state index contributed by atoms with van der Waals surface area (Å²) in [5.41, 5.74) is 6.52. The Kier molecular flexibility index (Phi) is 6.69.